The van der Waals surface area contributed by atoms with Crippen LogP contribution in [0.1, 0.15) is 24.8 Å². The maximum atomic E-state index is 13.8. The Morgan fingerprint density at radius 2 is 2.07 bits per heavy atom. The molecule has 1 aromatic rings. The van der Waals surface area contributed by atoms with Gasteiger partial charge in [-0.15, -0.1) is 24.0 Å². The molecule has 1 aliphatic heterocycles. The van der Waals surface area contributed by atoms with E-state index in [0.29, 0.717) is 19.0 Å². The van der Waals surface area contributed by atoms with Gasteiger partial charge in [-0.3, -0.25) is 14.7 Å². The number of nitrogens with zero attached hydrogens (tertiary/aromatic N) is 2. The third kappa shape index (κ3) is 8.60. The number of aryl methyl sites for hydroxylation is 1. The molecule has 0 saturated carbocycles. The number of rotatable bonds is 7. The SMILES string of the molecule is CN=C(NCCCc1ccc(Br)cc1F)NC1CCN(CC(=O)NC)CC1.I. The largest absolute Gasteiger partial charge is 0.358 e. The zero-order valence-corrected chi connectivity index (χ0v) is 20.3. The Bertz CT molecular complexity index is 653. The zero-order valence-electron chi connectivity index (χ0n) is 16.4. The van der Waals surface area contributed by atoms with Crippen LogP contribution in [-0.4, -0.2) is 63.1 Å². The predicted octanol–water partition coefficient (Wildman–Crippen LogP) is 2.51. The molecule has 0 spiro atoms. The van der Waals surface area contributed by atoms with E-state index in [1.54, 1.807) is 14.1 Å². The second-order valence-corrected chi connectivity index (χ2v) is 7.62. The van der Waals surface area contributed by atoms with Crippen molar-refractivity contribution in [3.8, 4) is 0 Å². The van der Waals surface area contributed by atoms with Gasteiger partial charge in [0.15, 0.2) is 5.96 Å². The highest BCUT2D eigenvalue weighted by Crippen LogP contribution is 2.16. The van der Waals surface area contributed by atoms with Crippen LogP contribution in [0.3, 0.4) is 0 Å². The maximum absolute atomic E-state index is 13.8. The minimum absolute atomic E-state index is 0. The molecule has 1 fully saturated rings. The lowest BCUT2D eigenvalue weighted by Crippen LogP contribution is -2.50. The molecule has 0 radical (unpaired) electrons. The van der Waals surface area contributed by atoms with E-state index in [-0.39, 0.29) is 35.7 Å². The minimum atomic E-state index is -0.171. The van der Waals surface area contributed by atoms with Crippen LogP contribution in [0.25, 0.3) is 0 Å². The van der Waals surface area contributed by atoms with Gasteiger partial charge in [0.25, 0.3) is 0 Å². The molecule has 0 unspecified atom stereocenters. The first-order valence-corrected chi connectivity index (χ1v) is 10.1. The lowest BCUT2D eigenvalue weighted by atomic mass is 10.1. The lowest BCUT2D eigenvalue weighted by molar-refractivity contribution is -0.122. The van der Waals surface area contributed by atoms with E-state index in [4.69, 9.17) is 0 Å². The lowest BCUT2D eigenvalue weighted by Gasteiger charge is -2.32. The van der Waals surface area contributed by atoms with E-state index >= 15 is 0 Å². The van der Waals surface area contributed by atoms with E-state index < -0.39 is 0 Å². The van der Waals surface area contributed by atoms with Crippen molar-refractivity contribution in [2.45, 2.75) is 31.7 Å². The van der Waals surface area contributed by atoms with Crippen LogP contribution in [0.2, 0.25) is 0 Å². The van der Waals surface area contributed by atoms with Crippen LogP contribution >= 0.6 is 39.9 Å². The van der Waals surface area contributed by atoms with Crippen molar-refractivity contribution < 1.29 is 9.18 Å². The topological polar surface area (TPSA) is 68.8 Å². The minimum Gasteiger partial charge on any atom is -0.358 e. The number of benzene rings is 1. The van der Waals surface area contributed by atoms with E-state index in [1.165, 1.54) is 6.07 Å². The van der Waals surface area contributed by atoms with Crippen molar-refractivity contribution in [2.24, 2.45) is 4.99 Å². The number of nitrogens with one attached hydrogen (secondary N) is 3. The fourth-order valence-electron chi connectivity index (χ4n) is 3.12. The molecule has 6 nitrogen and oxygen atoms in total. The molecular weight excluding hydrogens is 540 g/mol. The fraction of sp³-hybridized carbons (Fsp3) is 0.579. The molecule has 1 saturated heterocycles. The van der Waals surface area contributed by atoms with Crippen molar-refractivity contribution in [3.63, 3.8) is 0 Å². The summed E-state index contributed by atoms with van der Waals surface area (Å²) in [6.45, 7) is 2.98. The predicted molar refractivity (Wildman–Crippen MR) is 126 cm³/mol. The number of hydrogen-bond donors (Lipinski definition) is 3. The van der Waals surface area contributed by atoms with Crippen LogP contribution in [0.15, 0.2) is 27.7 Å². The number of halogens is 3. The number of carbonyl (C=O) groups is 1. The van der Waals surface area contributed by atoms with Gasteiger partial charge in [0.2, 0.25) is 5.91 Å². The molecule has 0 aliphatic carbocycles. The molecule has 1 aliphatic rings. The highest BCUT2D eigenvalue weighted by atomic mass is 127. The third-order valence-corrected chi connectivity index (χ3v) is 5.22. The molecule has 9 heteroatoms. The molecule has 158 valence electrons. The van der Waals surface area contributed by atoms with Crippen LogP contribution < -0.4 is 16.0 Å². The van der Waals surface area contributed by atoms with Gasteiger partial charge in [0, 0.05) is 44.2 Å². The molecule has 3 N–H and O–H groups in total. The summed E-state index contributed by atoms with van der Waals surface area (Å²) in [4.78, 5) is 17.9. The van der Waals surface area contributed by atoms with Crippen molar-refractivity contribution in [3.05, 3.63) is 34.1 Å². The number of carbonyl (C=O) groups excluding carboxylic acids is 1. The van der Waals surface area contributed by atoms with Gasteiger partial charge in [0.05, 0.1) is 6.54 Å². The summed E-state index contributed by atoms with van der Waals surface area (Å²) >= 11 is 3.27. The molecule has 1 amide bonds. The molecule has 0 aromatic heterocycles. The summed E-state index contributed by atoms with van der Waals surface area (Å²) in [6.07, 6.45) is 3.45. The Labute approximate surface area is 192 Å². The highest BCUT2D eigenvalue weighted by molar-refractivity contribution is 14.0. The Kier molecular flexibility index (Phi) is 11.9. The molecule has 0 atom stereocenters. The third-order valence-electron chi connectivity index (χ3n) is 4.73. The van der Waals surface area contributed by atoms with Gasteiger partial charge in [-0.25, -0.2) is 4.39 Å². The quantitative estimate of drug-likeness (QED) is 0.204. The summed E-state index contributed by atoms with van der Waals surface area (Å²) in [5.41, 5.74) is 0.728. The summed E-state index contributed by atoms with van der Waals surface area (Å²) < 4.78 is 14.6. The average molecular weight is 570 g/mol. The fourth-order valence-corrected chi connectivity index (χ4v) is 3.45. The standard InChI is InChI=1S/C19H29BrFN5O.HI/c1-22-18(27)13-26-10-7-16(8-11-26)25-19(23-2)24-9-3-4-14-5-6-15(20)12-17(14)21;/h5-6,12,16H,3-4,7-11,13H2,1-2H3,(H,22,27)(H2,23,24,25);1H. The van der Waals surface area contributed by atoms with Gasteiger partial charge in [-0.05, 0) is 43.4 Å². The molecule has 1 aromatic carbocycles. The van der Waals surface area contributed by atoms with Crippen molar-refractivity contribution in [2.75, 3.05) is 40.3 Å². The zero-order chi connectivity index (χ0) is 19.6. The average Bonchev–Trinajstić information content (AvgIpc) is 2.66. The van der Waals surface area contributed by atoms with E-state index in [2.05, 4.69) is 41.8 Å². The Morgan fingerprint density at radius 3 is 2.68 bits per heavy atom. The van der Waals surface area contributed by atoms with Crippen LogP contribution in [-0.2, 0) is 11.2 Å². The molecule has 1 heterocycles. The summed E-state index contributed by atoms with van der Waals surface area (Å²) in [5, 5.41) is 9.40. The summed E-state index contributed by atoms with van der Waals surface area (Å²) in [5.74, 6) is 0.660. The first kappa shape index (κ1) is 25.1. The number of hydrogen-bond acceptors (Lipinski definition) is 3. The van der Waals surface area contributed by atoms with Gasteiger partial charge in [-0.2, -0.15) is 0 Å². The van der Waals surface area contributed by atoms with Crippen molar-refractivity contribution in [1.29, 1.82) is 0 Å². The van der Waals surface area contributed by atoms with Crippen LogP contribution in [0, 0.1) is 5.82 Å². The number of piperidine rings is 1. The Hall–Kier alpha value is -0.940. The van der Waals surface area contributed by atoms with E-state index in [9.17, 15) is 9.18 Å². The number of amides is 1. The number of guanidine groups is 1. The molecular formula is C19H30BrFIN5O. The number of likely N-dealkylation sites (tertiary alicyclic amines) is 1. The Morgan fingerprint density at radius 1 is 1.36 bits per heavy atom. The smallest absolute Gasteiger partial charge is 0.233 e. The number of aliphatic imine (C=N–C) groups is 1. The first-order valence-electron chi connectivity index (χ1n) is 9.36. The monoisotopic (exact) mass is 569 g/mol. The van der Waals surface area contributed by atoms with E-state index in [1.807, 2.05) is 12.1 Å². The second-order valence-electron chi connectivity index (χ2n) is 6.71. The van der Waals surface area contributed by atoms with Gasteiger partial charge >= 0.3 is 0 Å². The molecule has 0 bridgehead atoms. The molecule has 2 rings (SSSR count). The summed E-state index contributed by atoms with van der Waals surface area (Å²) in [6, 6.07) is 5.53. The Balaban J connectivity index is 0.00000392. The molecule has 28 heavy (non-hydrogen) atoms. The van der Waals surface area contributed by atoms with Crippen molar-refractivity contribution >= 4 is 51.8 Å². The number of likely N-dealkylation sites (N-methyl/N-ethyl adjacent to an activating group) is 1. The summed E-state index contributed by atoms with van der Waals surface area (Å²) in [7, 11) is 3.42. The normalized spacial score (nSPS) is 15.6. The maximum Gasteiger partial charge on any atom is 0.233 e. The van der Waals surface area contributed by atoms with Gasteiger partial charge in [-0.1, -0.05) is 22.0 Å². The van der Waals surface area contributed by atoms with Crippen molar-refractivity contribution in [1.82, 2.24) is 20.9 Å². The van der Waals surface area contributed by atoms with Gasteiger partial charge < -0.3 is 16.0 Å². The van der Waals surface area contributed by atoms with Gasteiger partial charge in [0.1, 0.15) is 5.82 Å². The second kappa shape index (κ2) is 13.3. The van der Waals surface area contributed by atoms with Crippen LogP contribution in [0.5, 0.6) is 0 Å². The highest BCUT2D eigenvalue weighted by Gasteiger charge is 2.21. The van der Waals surface area contributed by atoms with Crippen LogP contribution in [0.4, 0.5) is 4.39 Å². The van der Waals surface area contributed by atoms with E-state index in [0.717, 1.165) is 54.9 Å². The first-order chi connectivity index (χ1) is 13.0.